The molecule has 0 saturated carbocycles. The van der Waals surface area contributed by atoms with Crippen LogP contribution in [0.4, 0.5) is 0 Å². The van der Waals surface area contributed by atoms with E-state index in [2.05, 4.69) is 30.1 Å². The Hall–Kier alpha value is -0.960. The maximum Gasteiger partial charge on any atom is 0.0336 e. The topological polar surface area (TPSA) is 0 Å². The molecule has 0 radical (unpaired) electrons. The van der Waals surface area contributed by atoms with Gasteiger partial charge in [-0.25, -0.2) is 0 Å². The lowest BCUT2D eigenvalue weighted by molar-refractivity contribution is 1.01. The van der Waals surface area contributed by atoms with E-state index < -0.39 is 0 Å². The van der Waals surface area contributed by atoms with Crippen molar-refractivity contribution in [2.24, 2.45) is 0 Å². The molecule has 0 spiro atoms. The Bertz CT molecular complexity index is 208. The van der Waals surface area contributed by atoms with Gasteiger partial charge in [0, 0.05) is 6.42 Å². The van der Waals surface area contributed by atoms with Gasteiger partial charge in [0.2, 0.25) is 0 Å². The summed E-state index contributed by atoms with van der Waals surface area (Å²) in [5, 5.41) is 0. The molecule has 0 amide bonds. The third kappa shape index (κ3) is 2.11. The van der Waals surface area contributed by atoms with Crippen LogP contribution in [0, 0.1) is 11.8 Å². The van der Waals surface area contributed by atoms with Crippen molar-refractivity contribution in [2.75, 3.05) is 0 Å². The van der Waals surface area contributed by atoms with Crippen LogP contribution in [-0.4, -0.2) is 0 Å². The Morgan fingerprint density at radius 2 is 2.40 bits per heavy atom. The minimum atomic E-state index is 0.924. The Morgan fingerprint density at radius 3 is 3.00 bits per heavy atom. The Balaban J connectivity index is 2.45. The molecular weight excluding hydrogens is 120 g/mol. The second kappa shape index (κ2) is 3.95. The summed E-state index contributed by atoms with van der Waals surface area (Å²) in [5.41, 5.74) is 1.38. The molecule has 1 aliphatic carbocycles. The van der Waals surface area contributed by atoms with Gasteiger partial charge in [0.05, 0.1) is 0 Å². The zero-order chi connectivity index (χ0) is 7.23. The quantitative estimate of drug-likeness (QED) is 0.481. The first-order chi connectivity index (χ1) is 4.93. The van der Waals surface area contributed by atoms with Crippen molar-refractivity contribution in [1.29, 1.82) is 0 Å². The molecule has 0 heteroatoms. The van der Waals surface area contributed by atoms with Crippen LogP contribution < -0.4 is 0 Å². The Morgan fingerprint density at radius 1 is 1.50 bits per heavy atom. The van der Waals surface area contributed by atoms with Crippen LogP contribution in [0.1, 0.15) is 26.2 Å². The first-order valence-electron chi connectivity index (χ1n) is 3.68. The summed E-state index contributed by atoms with van der Waals surface area (Å²) < 4.78 is 0. The van der Waals surface area contributed by atoms with E-state index in [4.69, 9.17) is 0 Å². The highest BCUT2D eigenvalue weighted by Crippen LogP contribution is 2.11. The van der Waals surface area contributed by atoms with Crippen LogP contribution in [0.5, 0.6) is 0 Å². The first kappa shape index (κ1) is 7.15. The zero-order valence-electron chi connectivity index (χ0n) is 6.35. The van der Waals surface area contributed by atoms with Gasteiger partial charge in [-0.05, 0) is 25.3 Å². The SMILES string of the molecule is CC#CCC1=CCCC=C1. The van der Waals surface area contributed by atoms with Crippen molar-refractivity contribution in [3.63, 3.8) is 0 Å². The summed E-state index contributed by atoms with van der Waals surface area (Å²) >= 11 is 0. The maximum absolute atomic E-state index is 3.05. The van der Waals surface area contributed by atoms with E-state index in [1.54, 1.807) is 0 Å². The van der Waals surface area contributed by atoms with Crippen LogP contribution in [0.3, 0.4) is 0 Å². The molecule has 0 heterocycles. The van der Waals surface area contributed by atoms with Gasteiger partial charge in [0.25, 0.3) is 0 Å². The molecule has 0 aliphatic heterocycles. The average molecular weight is 132 g/mol. The molecule has 1 rings (SSSR count). The van der Waals surface area contributed by atoms with Crippen molar-refractivity contribution < 1.29 is 0 Å². The molecule has 10 heavy (non-hydrogen) atoms. The molecule has 0 N–H and O–H groups in total. The molecule has 0 aromatic rings. The predicted octanol–water partition coefficient (Wildman–Crippen LogP) is 2.68. The lowest BCUT2D eigenvalue weighted by atomic mass is 10.1. The minimum absolute atomic E-state index is 0.924. The second-order valence-corrected chi connectivity index (χ2v) is 2.36. The molecule has 0 unspecified atom stereocenters. The summed E-state index contributed by atoms with van der Waals surface area (Å²) in [7, 11) is 0. The van der Waals surface area contributed by atoms with Gasteiger partial charge in [-0.2, -0.15) is 0 Å². The molecular formula is C10H12. The van der Waals surface area contributed by atoms with E-state index in [0.717, 1.165) is 6.42 Å². The smallest absolute Gasteiger partial charge is 0.0336 e. The monoisotopic (exact) mass is 132 g/mol. The highest BCUT2D eigenvalue weighted by atomic mass is 14.0. The van der Waals surface area contributed by atoms with Crippen molar-refractivity contribution in [3.8, 4) is 11.8 Å². The Kier molecular flexibility index (Phi) is 2.83. The molecule has 0 nitrogen and oxygen atoms in total. The van der Waals surface area contributed by atoms with Gasteiger partial charge >= 0.3 is 0 Å². The van der Waals surface area contributed by atoms with Gasteiger partial charge < -0.3 is 0 Å². The standard InChI is InChI=1S/C10H12/c1-2-3-7-10-8-5-4-6-9-10/h5,8-9H,4,6-7H2,1H3. The third-order valence-electron chi connectivity index (χ3n) is 1.54. The van der Waals surface area contributed by atoms with Crippen molar-refractivity contribution in [2.45, 2.75) is 26.2 Å². The van der Waals surface area contributed by atoms with Crippen LogP contribution in [-0.2, 0) is 0 Å². The van der Waals surface area contributed by atoms with Crippen molar-refractivity contribution in [1.82, 2.24) is 0 Å². The zero-order valence-corrected chi connectivity index (χ0v) is 6.35. The number of hydrogen-bond acceptors (Lipinski definition) is 0. The van der Waals surface area contributed by atoms with E-state index in [1.807, 2.05) is 6.92 Å². The lowest BCUT2D eigenvalue weighted by Gasteiger charge is -2.00. The summed E-state index contributed by atoms with van der Waals surface area (Å²) in [4.78, 5) is 0. The van der Waals surface area contributed by atoms with Gasteiger partial charge in [-0.3, -0.25) is 0 Å². The molecule has 0 bridgehead atoms. The van der Waals surface area contributed by atoms with Crippen molar-refractivity contribution >= 4 is 0 Å². The van der Waals surface area contributed by atoms with E-state index in [9.17, 15) is 0 Å². The molecule has 0 saturated heterocycles. The average Bonchev–Trinajstić information content (AvgIpc) is 2.03. The van der Waals surface area contributed by atoms with Gasteiger partial charge in [0.1, 0.15) is 0 Å². The first-order valence-corrected chi connectivity index (χ1v) is 3.68. The van der Waals surface area contributed by atoms with Crippen LogP contribution in [0.15, 0.2) is 23.8 Å². The molecule has 52 valence electrons. The van der Waals surface area contributed by atoms with E-state index in [0.29, 0.717) is 0 Å². The fraction of sp³-hybridized carbons (Fsp3) is 0.400. The third-order valence-corrected chi connectivity index (χ3v) is 1.54. The molecule has 0 atom stereocenters. The number of allylic oxidation sites excluding steroid dienone is 4. The highest BCUT2D eigenvalue weighted by molar-refractivity contribution is 5.26. The summed E-state index contributed by atoms with van der Waals surface area (Å²) in [6.07, 6.45) is 9.97. The van der Waals surface area contributed by atoms with Crippen LogP contribution >= 0.6 is 0 Å². The summed E-state index contributed by atoms with van der Waals surface area (Å²) in [6, 6.07) is 0. The lowest BCUT2D eigenvalue weighted by Crippen LogP contribution is -1.82. The van der Waals surface area contributed by atoms with Crippen molar-refractivity contribution in [3.05, 3.63) is 23.8 Å². The van der Waals surface area contributed by atoms with Gasteiger partial charge in [0.15, 0.2) is 0 Å². The number of hydrogen-bond donors (Lipinski definition) is 0. The minimum Gasteiger partial charge on any atom is -0.106 e. The van der Waals surface area contributed by atoms with E-state index in [-0.39, 0.29) is 0 Å². The summed E-state index contributed by atoms with van der Waals surface area (Å²) in [6.45, 7) is 1.88. The molecule has 0 aromatic heterocycles. The van der Waals surface area contributed by atoms with E-state index >= 15 is 0 Å². The highest BCUT2D eigenvalue weighted by Gasteiger charge is 1.92. The maximum atomic E-state index is 3.05. The molecule has 0 fully saturated rings. The number of rotatable bonds is 1. The predicted molar refractivity (Wildman–Crippen MR) is 44.5 cm³/mol. The fourth-order valence-corrected chi connectivity index (χ4v) is 0.989. The molecule has 0 aromatic carbocycles. The fourth-order valence-electron chi connectivity index (χ4n) is 0.989. The van der Waals surface area contributed by atoms with Crippen LogP contribution in [0.2, 0.25) is 0 Å². The Labute approximate surface area is 62.6 Å². The van der Waals surface area contributed by atoms with Crippen LogP contribution in [0.25, 0.3) is 0 Å². The second-order valence-electron chi connectivity index (χ2n) is 2.36. The van der Waals surface area contributed by atoms with Gasteiger partial charge in [-0.1, -0.05) is 24.1 Å². The van der Waals surface area contributed by atoms with Gasteiger partial charge in [-0.15, -0.1) is 5.92 Å². The summed E-state index contributed by atoms with van der Waals surface area (Å²) in [5.74, 6) is 5.94. The van der Waals surface area contributed by atoms with E-state index in [1.165, 1.54) is 18.4 Å². The molecule has 1 aliphatic rings. The largest absolute Gasteiger partial charge is 0.106 e. The normalized spacial score (nSPS) is 15.5.